The van der Waals surface area contributed by atoms with Crippen molar-refractivity contribution in [3.05, 3.63) is 45.6 Å². The number of imide groups is 1. The SMILES string of the molecule is COc1ccc(C(CS(C)(=O)=O)N2C(=O)c3cscc3C2=O)cc1OC. The van der Waals surface area contributed by atoms with E-state index in [2.05, 4.69) is 0 Å². The highest BCUT2D eigenvalue weighted by Crippen LogP contribution is 2.37. The average molecular weight is 395 g/mol. The summed E-state index contributed by atoms with van der Waals surface area (Å²) in [5.74, 6) is -0.513. The van der Waals surface area contributed by atoms with E-state index in [-0.39, 0.29) is 5.75 Å². The summed E-state index contributed by atoms with van der Waals surface area (Å²) in [6, 6.07) is 3.87. The first-order valence-electron chi connectivity index (χ1n) is 7.60. The van der Waals surface area contributed by atoms with Crippen molar-refractivity contribution < 1.29 is 27.5 Å². The van der Waals surface area contributed by atoms with Gasteiger partial charge in [-0.1, -0.05) is 6.07 Å². The molecule has 26 heavy (non-hydrogen) atoms. The minimum atomic E-state index is -3.48. The molecule has 138 valence electrons. The maximum Gasteiger partial charge on any atom is 0.263 e. The molecule has 0 saturated heterocycles. The van der Waals surface area contributed by atoms with Crippen molar-refractivity contribution in [3.63, 3.8) is 0 Å². The number of sulfone groups is 1. The van der Waals surface area contributed by atoms with Gasteiger partial charge in [-0.05, 0) is 17.7 Å². The molecule has 0 aliphatic carbocycles. The van der Waals surface area contributed by atoms with Crippen LogP contribution in [0.25, 0.3) is 0 Å². The second-order valence-electron chi connectivity index (χ2n) is 5.90. The molecular formula is C17H17NO6S2. The van der Waals surface area contributed by atoms with Crippen molar-refractivity contribution in [2.75, 3.05) is 26.2 Å². The van der Waals surface area contributed by atoms with E-state index >= 15 is 0 Å². The van der Waals surface area contributed by atoms with Crippen LogP contribution >= 0.6 is 11.3 Å². The van der Waals surface area contributed by atoms with Crippen LogP contribution in [0.3, 0.4) is 0 Å². The Labute approximate surface area is 155 Å². The molecule has 7 nitrogen and oxygen atoms in total. The molecule has 2 aromatic rings. The van der Waals surface area contributed by atoms with Gasteiger partial charge in [0, 0.05) is 17.0 Å². The highest BCUT2D eigenvalue weighted by atomic mass is 32.2. The van der Waals surface area contributed by atoms with E-state index in [9.17, 15) is 18.0 Å². The Kier molecular flexibility index (Phi) is 4.76. The first-order chi connectivity index (χ1) is 12.3. The van der Waals surface area contributed by atoms with Gasteiger partial charge in [-0.3, -0.25) is 14.5 Å². The molecule has 2 heterocycles. The Hall–Kier alpha value is -2.39. The highest BCUT2D eigenvalue weighted by molar-refractivity contribution is 7.90. The van der Waals surface area contributed by atoms with Gasteiger partial charge in [0.15, 0.2) is 11.5 Å². The molecule has 3 rings (SSSR count). The van der Waals surface area contributed by atoms with Gasteiger partial charge in [-0.25, -0.2) is 8.42 Å². The largest absolute Gasteiger partial charge is 0.493 e. The highest BCUT2D eigenvalue weighted by Gasteiger charge is 2.42. The number of rotatable bonds is 6. The summed E-state index contributed by atoms with van der Waals surface area (Å²) >= 11 is 1.26. The van der Waals surface area contributed by atoms with Crippen LogP contribution in [0.2, 0.25) is 0 Å². The Morgan fingerprint density at radius 1 is 1.04 bits per heavy atom. The summed E-state index contributed by atoms with van der Waals surface area (Å²) in [5, 5.41) is 3.20. The number of hydrogen-bond donors (Lipinski definition) is 0. The zero-order valence-corrected chi connectivity index (χ0v) is 16.0. The van der Waals surface area contributed by atoms with Crippen molar-refractivity contribution >= 4 is 33.0 Å². The molecule has 1 aromatic carbocycles. The maximum absolute atomic E-state index is 12.7. The number of ether oxygens (including phenoxy) is 2. The fourth-order valence-corrected chi connectivity index (χ4v) is 4.64. The van der Waals surface area contributed by atoms with Gasteiger partial charge < -0.3 is 9.47 Å². The number of carbonyl (C=O) groups is 2. The molecular weight excluding hydrogens is 378 g/mol. The van der Waals surface area contributed by atoms with Crippen LogP contribution in [-0.4, -0.2) is 51.4 Å². The van der Waals surface area contributed by atoms with Crippen LogP contribution in [0.4, 0.5) is 0 Å². The number of amides is 2. The van der Waals surface area contributed by atoms with E-state index < -0.39 is 27.7 Å². The van der Waals surface area contributed by atoms with Gasteiger partial charge in [0.25, 0.3) is 11.8 Å². The third-order valence-electron chi connectivity index (χ3n) is 4.13. The Balaban J connectivity index is 2.09. The van der Waals surface area contributed by atoms with Gasteiger partial charge in [-0.2, -0.15) is 11.3 Å². The van der Waals surface area contributed by atoms with Crippen LogP contribution in [0, 0.1) is 0 Å². The molecule has 0 fully saturated rings. The molecule has 1 aliphatic heterocycles. The van der Waals surface area contributed by atoms with Crippen LogP contribution in [0.15, 0.2) is 29.0 Å². The summed E-state index contributed by atoms with van der Waals surface area (Å²) in [7, 11) is -0.539. The molecule has 1 atom stereocenters. The van der Waals surface area contributed by atoms with E-state index in [1.807, 2.05) is 0 Å². The third-order valence-corrected chi connectivity index (χ3v) is 5.79. The fraction of sp³-hybridized carbons (Fsp3) is 0.294. The number of nitrogens with zero attached hydrogens (tertiary/aromatic N) is 1. The second-order valence-corrected chi connectivity index (χ2v) is 8.83. The number of carbonyl (C=O) groups excluding carboxylic acids is 2. The Bertz CT molecular complexity index is 948. The quantitative estimate of drug-likeness (QED) is 0.696. The number of benzene rings is 1. The first-order valence-corrected chi connectivity index (χ1v) is 10.6. The van der Waals surface area contributed by atoms with E-state index in [1.54, 1.807) is 29.0 Å². The smallest absolute Gasteiger partial charge is 0.263 e. The first kappa shape index (κ1) is 18.4. The van der Waals surface area contributed by atoms with Crippen LogP contribution in [0.1, 0.15) is 32.3 Å². The summed E-state index contributed by atoms with van der Waals surface area (Å²) in [5.41, 5.74) is 1.08. The fourth-order valence-electron chi connectivity index (χ4n) is 2.93. The number of methoxy groups -OCH3 is 2. The molecule has 0 saturated carbocycles. The van der Waals surface area contributed by atoms with E-state index in [0.29, 0.717) is 28.2 Å². The summed E-state index contributed by atoms with van der Waals surface area (Å²) < 4.78 is 34.4. The summed E-state index contributed by atoms with van der Waals surface area (Å²) in [4.78, 5) is 26.4. The molecule has 1 unspecified atom stereocenters. The lowest BCUT2D eigenvalue weighted by Crippen LogP contribution is -2.37. The van der Waals surface area contributed by atoms with Crippen molar-refractivity contribution in [2.24, 2.45) is 0 Å². The summed E-state index contributed by atoms with van der Waals surface area (Å²) in [6.45, 7) is 0. The average Bonchev–Trinajstić information content (AvgIpc) is 3.16. The Morgan fingerprint density at radius 3 is 2.12 bits per heavy atom. The maximum atomic E-state index is 12.7. The summed E-state index contributed by atoms with van der Waals surface area (Å²) in [6.07, 6.45) is 1.07. The standard InChI is InChI=1S/C17H17NO6S2/c1-23-14-5-4-10(6-15(14)24-2)13(9-26(3,21)22)18-16(19)11-7-25-8-12(11)17(18)20/h4-8,13H,9H2,1-3H3. The number of hydrogen-bond acceptors (Lipinski definition) is 7. The second kappa shape index (κ2) is 6.73. The molecule has 9 heteroatoms. The predicted molar refractivity (Wildman–Crippen MR) is 96.8 cm³/mol. The van der Waals surface area contributed by atoms with E-state index in [1.165, 1.54) is 25.6 Å². The van der Waals surface area contributed by atoms with Gasteiger partial charge in [0.05, 0.1) is 37.1 Å². The third kappa shape index (κ3) is 3.19. The minimum absolute atomic E-state index is 0.305. The van der Waals surface area contributed by atoms with Crippen molar-refractivity contribution in [1.29, 1.82) is 0 Å². The monoisotopic (exact) mass is 395 g/mol. The Morgan fingerprint density at radius 2 is 1.62 bits per heavy atom. The van der Waals surface area contributed by atoms with E-state index in [0.717, 1.165) is 11.2 Å². The van der Waals surface area contributed by atoms with Gasteiger partial charge >= 0.3 is 0 Å². The molecule has 0 bridgehead atoms. The lowest BCUT2D eigenvalue weighted by Gasteiger charge is -2.26. The zero-order valence-electron chi connectivity index (χ0n) is 14.4. The predicted octanol–water partition coefficient (Wildman–Crippen LogP) is 2.15. The lowest BCUT2D eigenvalue weighted by molar-refractivity contribution is 0.0597. The number of thiophene rings is 1. The van der Waals surface area contributed by atoms with Crippen LogP contribution < -0.4 is 9.47 Å². The molecule has 0 radical (unpaired) electrons. The van der Waals surface area contributed by atoms with Crippen molar-refractivity contribution in [2.45, 2.75) is 6.04 Å². The van der Waals surface area contributed by atoms with E-state index in [4.69, 9.17) is 9.47 Å². The van der Waals surface area contributed by atoms with Gasteiger partial charge in [0.2, 0.25) is 0 Å². The molecule has 2 amide bonds. The minimum Gasteiger partial charge on any atom is -0.493 e. The zero-order chi connectivity index (χ0) is 19.1. The normalized spacial score (nSPS) is 15.1. The van der Waals surface area contributed by atoms with Crippen molar-refractivity contribution in [1.82, 2.24) is 4.90 Å². The topological polar surface area (TPSA) is 90.0 Å². The van der Waals surface area contributed by atoms with Crippen LogP contribution in [0.5, 0.6) is 11.5 Å². The van der Waals surface area contributed by atoms with Gasteiger partial charge in [0.1, 0.15) is 9.84 Å². The molecule has 1 aromatic heterocycles. The van der Waals surface area contributed by atoms with Crippen molar-refractivity contribution in [3.8, 4) is 11.5 Å². The number of fused-ring (bicyclic) bond motifs is 1. The van der Waals surface area contributed by atoms with Crippen LogP contribution in [-0.2, 0) is 9.84 Å². The lowest BCUT2D eigenvalue weighted by atomic mass is 10.1. The molecule has 0 N–H and O–H groups in total. The van der Waals surface area contributed by atoms with Gasteiger partial charge in [-0.15, -0.1) is 0 Å². The molecule has 1 aliphatic rings. The molecule has 0 spiro atoms.